The minimum atomic E-state index is 0.751. The van der Waals surface area contributed by atoms with E-state index in [-0.39, 0.29) is 0 Å². The fraction of sp³-hybridized carbons (Fsp3) is 1.00. The van der Waals surface area contributed by atoms with Crippen LogP contribution in [0.15, 0.2) is 0 Å². The number of hydrogen-bond acceptors (Lipinski definition) is 2. The third-order valence-electron chi connectivity index (χ3n) is 4.15. The first-order valence-electron chi connectivity index (χ1n) is 6.41. The van der Waals surface area contributed by atoms with Gasteiger partial charge in [-0.1, -0.05) is 20.8 Å². The second kappa shape index (κ2) is 6.15. The Morgan fingerprint density at radius 2 is 2.00 bits per heavy atom. The van der Waals surface area contributed by atoms with E-state index in [1.165, 1.54) is 25.9 Å². The van der Waals surface area contributed by atoms with Gasteiger partial charge in [0.25, 0.3) is 0 Å². The molecule has 15 heavy (non-hydrogen) atoms. The molecule has 0 radical (unpaired) electrons. The molecule has 0 bridgehead atoms. The first kappa shape index (κ1) is 13.4. The van der Waals surface area contributed by atoms with Crippen LogP contribution in [0.4, 0.5) is 0 Å². The summed E-state index contributed by atoms with van der Waals surface area (Å²) in [6.45, 7) is 12.0. The lowest BCUT2D eigenvalue weighted by Gasteiger charge is -2.40. The Hall–Kier alpha value is 0.310. The monoisotopic (exact) mass is 229 g/mol. The van der Waals surface area contributed by atoms with Crippen molar-refractivity contribution in [1.82, 2.24) is 4.90 Å². The summed E-state index contributed by atoms with van der Waals surface area (Å²) in [5.74, 6) is 3.40. The van der Waals surface area contributed by atoms with Crippen molar-refractivity contribution < 1.29 is 0 Å². The molecule has 3 atom stereocenters. The molecule has 1 saturated heterocycles. The summed E-state index contributed by atoms with van der Waals surface area (Å²) in [6, 6.07) is 0.764. The average molecular weight is 229 g/mol. The Balaban J connectivity index is 2.48. The molecule has 0 amide bonds. The van der Waals surface area contributed by atoms with E-state index >= 15 is 0 Å². The molecule has 1 heterocycles. The zero-order valence-corrected chi connectivity index (χ0v) is 11.6. The Bertz CT molecular complexity index is 181. The van der Waals surface area contributed by atoms with E-state index in [2.05, 4.69) is 45.2 Å². The normalized spacial score (nSPS) is 30.8. The molecule has 1 nitrogen and oxygen atoms in total. The quantitative estimate of drug-likeness (QED) is 0.724. The van der Waals surface area contributed by atoms with Gasteiger partial charge in [-0.2, -0.15) is 12.6 Å². The number of nitrogens with zero attached hydrogens (tertiary/aromatic N) is 1. The van der Waals surface area contributed by atoms with Gasteiger partial charge in [0.05, 0.1) is 0 Å². The van der Waals surface area contributed by atoms with Gasteiger partial charge in [-0.15, -0.1) is 0 Å². The lowest BCUT2D eigenvalue weighted by molar-refractivity contribution is 0.0905. The molecule has 0 saturated carbocycles. The Morgan fingerprint density at radius 3 is 2.53 bits per heavy atom. The highest BCUT2D eigenvalue weighted by Crippen LogP contribution is 2.25. The van der Waals surface area contributed by atoms with Gasteiger partial charge < -0.3 is 4.90 Å². The van der Waals surface area contributed by atoms with Crippen LogP contribution in [0.3, 0.4) is 0 Å². The molecule has 0 aromatic heterocycles. The first-order valence-corrected chi connectivity index (χ1v) is 7.04. The van der Waals surface area contributed by atoms with Gasteiger partial charge in [0, 0.05) is 12.6 Å². The topological polar surface area (TPSA) is 3.24 Å². The summed E-state index contributed by atoms with van der Waals surface area (Å²) in [5.41, 5.74) is 0. The number of likely N-dealkylation sites (tertiary alicyclic amines) is 1. The average Bonchev–Trinajstić information content (AvgIpc) is 2.19. The number of rotatable bonds is 4. The summed E-state index contributed by atoms with van der Waals surface area (Å²) in [5, 5.41) is 0. The van der Waals surface area contributed by atoms with Crippen LogP contribution in [0.25, 0.3) is 0 Å². The van der Waals surface area contributed by atoms with Gasteiger partial charge in [-0.3, -0.25) is 0 Å². The summed E-state index contributed by atoms with van der Waals surface area (Å²) < 4.78 is 0. The van der Waals surface area contributed by atoms with E-state index in [1.54, 1.807) is 0 Å². The van der Waals surface area contributed by atoms with Crippen molar-refractivity contribution in [2.45, 2.75) is 46.6 Å². The summed E-state index contributed by atoms with van der Waals surface area (Å²) in [6.07, 6.45) is 2.79. The van der Waals surface area contributed by atoms with Crippen molar-refractivity contribution >= 4 is 12.6 Å². The molecular weight excluding hydrogens is 202 g/mol. The number of hydrogen-bond donors (Lipinski definition) is 1. The maximum Gasteiger partial charge on any atom is 0.00926 e. The highest BCUT2D eigenvalue weighted by Gasteiger charge is 2.26. The van der Waals surface area contributed by atoms with Gasteiger partial charge in [-0.25, -0.2) is 0 Å². The van der Waals surface area contributed by atoms with Gasteiger partial charge in [0.15, 0.2) is 0 Å². The largest absolute Gasteiger partial charge is 0.300 e. The van der Waals surface area contributed by atoms with Crippen molar-refractivity contribution in [2.24, 2.45) is 17.8 Å². The van der Waals surface area contributed by atoms with Crippen molar-refractivity contribution in [3.05, 3.63) is 0 Å². The van der Waals surface area contributed by atoms with Crippen LogP contribution in [-0.2, 0) is 0 Å². The number of piperidine rings is 1. The van der Waals surface area contributed by atoms with Crippen LogP contribution in [-0.4, -0.2) is 29.8 Å². The van der Waals surface area contributed by atoms with Crippen molar-refractivity contribution in [1.29, 1.82) is 0 Å². The van der Waals surface area contributed by atoms with Gasteiger partial charge in [0.1, 0.15) is 0 Å². The second-order valence-corrected chi connectivity index (χ2v) is 5.91. The third kappa shape index (κ3) is 3.67. The van der Waals surface area contributed by atoms with Crippen molar-refractivity contribution in [2.75, 3.05) is 18.8 Å². The van der Waals surface area contributed by atoms with Crippen LogP contribution in [0, 0.1) is 17.8 Å². The SMILES string of the molecule is CC(C)C(CS)CN1CCCC(C)C1C. The van der Waals surface area contributed by atoms with Crippen LogP contribution in [0.1, 0.15) is 40.5 Å². The highest BCUT2D eigenvalue weighted by atomic mass is 32.1. The van der Waals surface area contributed by atoms with Crippen LogP contribution >= 0.6 is 12.6 Å². The predicted octanol–water partition coefficient (Wildman–Crippen LogP) is 3.31. The molecule has 1 aliphatic heterocycles. The molecule has 0 aliphatic carbocycles. The zero-order valence-electron chi connectivity index (χ0n) is 10.7. The van der Waals surface area contributed by atoms with Crippen LogP contribution < -0.4 is 0 Å². The molecule has 1 aliphatic rings. The summed E-state index contributed by atoms with van der Waals surface area (Å²) >= 11 is 4.48. The minimum Gasteiger partial charge on any atom is -0.300 e. The van der Waals surface area contributed by atoms with E-state index in [1.807, 2.05) is 0 Å². The van der Waals surface area contributed by atoms with E-state index in [4.69, 9.17) is 0 Å². The molecule has 90 valence electrons. The smallest absolute Gasteiger partial charge is 0.00926 e. The number of thiol groups is 1. The molecule has 3 unspecified atom stereocenters. The summed E-state index contributed by atoms with van der Waals surface area (Å²) in [4.78, 5) is 2.68. The summed E-state index contributed by atoms with van der Waals surface area (Å²) in [7, 11) is 0. The molecule has 1 fully saturated rings. The molecule has 0 aromatic rings. The maximum atomic E-state index is 4.48. The van der Waals surface area contributed by atoms with E-state index in [0.717, 1.165) is 29.5 Å². The Kier molecular flexibility index (Phi) is 5.48. The Labute approximate surface area is 101 Å². The maximum absolute atomic E-state index is 4.48. The van der Waals surface area contributed by atoms with E-state index in [9.17, 15) is 0 Å². The van der Waals surface area contributed by atoms with Gasteiger partial charge >= 0.3 is 0 Å². The van der Waals surface area contributed by atoms with Gasteiger partial charge in [-0.05, 0) is 49.8 Å². The minimum absolute atomic E-state index is 0.751. The first-order chi connectivity index (χ1) is 7.06. The van der Waals surface area contributed by atoms with Crippen molar-refractivity contribution in [3.8, 4) is 0 Å². The molecule has 1 rings (SSSR count). The van der Waals surface area contributed by atoms with E-state index < -0.39 is 0 Å². The third-order valence-corrected chi connectivity index (χ3v) is 4.62. The zero-order chi connectivity index (χ0) is 11.4. The van der Waals surface area contributed by atoms with Gasteiger partial charge in [0.2, 0.25) is 0 Å². The molecule has 0 aromatic carbocycles. The highest BCUT2D eigenvalue weighted by molar-refractivity contribution is 7.80. The van der Waals surface area contributed by atoms with Crippen LogP contribution in [0.5, 0.6) is 0 Å². The molecular formula is C13H27NS. The lowest BCUT2D eigenvalue weighted by atomic mass is 9.89. The lowest BCUT2D eigenvalue weighted by Crippen LogP contribution is -2.45. The fourth-order valence-electron chi connectivity index (χ4n) is 2.46. The molecule has 2 heteroatoms. The van der Waals surface area contributed by atoms with E-state index in [0.29, 0.717) is 0 Å². The molecule has 0 spiro atoms. The fourth-order valence-corrected chi connectivity index (χ4v) is 3.00. The standard InChI is InChI=1S/C13H27NS/c1-10(2)13(9-15)8-14-7-5-6-11(3)12(14)4/h10-13,15H,5-9H2,1-4H3. The predicted molar refractivity (Wildman–Crippen MR) is 71.6 cm³/mol. The molecule has 0 N–H and O–H groups in total. The Morgan fingerprint density at radius 1 is 1.33 bits per heavy atom. The van der Waals surface area contributed by atoms with Crippen LogP contribution in [0.2, 0.25) is 0 Å². The van der Waals surface area contributed by atoms with Crippen molar-refractivity contribution in [3.63, 3.8) is 0 Å². The second-order valence-electron chi connectivity index (χ2n) is 5.54.